The summed E-state index contributed by atoms with van der Waals surface area (Å²) >= 11 is 5.79. The molecule has 1 aliphatic rings. The summed E-state index contributed by atoms with van der Waals surface area (Å²) in [6.07, 6.45) is -1.97. The van der Waals surface area contributed by atoms with Crippen LogP contribution in [0.3, 0.4) is 0 Å². The van der Waals surface area contributed by atoms with E-state index in [0.29, 0.717) is 0 Å². The van der Waals surface area contributed by atoms with E-state index in [0.717, 1.165) is 0 Å². The van der Waals surface area contributed by atoms with Crippen LogP contribution in [0, 0.1) is 0 Å². The Morgan fingerprint density at radius 1 is 1.14 bits per heavy atom. The summed E-state index contributed by atoms with van der Waals surface area (Å²) in [7, 11) is 0. The number of hydrogen-bond donors (Lipinski definition) is 0. The number of ether oxygens (including phenoxy) is 1. The number of cyclic esters (lactones) is 1. The Balaban J connectivity index is 2.03. The maximum Gasteiger partial charge on any atom is 0.349 e. The van der Waals surface area contributed by atoms with E-state index in [1.165, 1.54) is 42.5 Å². The summed E-state index contributed by atoms with van der Waals surface area (Å²) < 4.78 is 33.8. The molecule has 0 radical (unpaired) electrons. The monoisotopic (exact) mass is 322 g/mol. The van der Waals surface area contributed by atoms with Crippen molar-refractivity contribution in [2.45, 2.75) is 12.0 Å². The van der Waals surface area contributed by atoms with Gasteiger partial charge in [0.25, 0.3) is 0 Å². The van der Waals surface area contributed by atoms with E-state index in [4.69, 9.17) is 16.3 Å². The summed E-state index contributed by atoms with van der Waals surface area (Å²) in [5.41, 5.74) is -0.235. The lowest BCUT2D eigenvalue weighted by molar-refractivity contribution is -0.0820. The molecule has 0 N–H and O–H groups in total. The molecule has 6 heteroatoms. The van der Waals surface area contributed by atoms with Crippen molar-refractivity contribution in [2.24, 2.45) is 0 Å². The molecule has 2 aromatic carbocycles. The number of carbonyl (C=O) groups is 2. The van der Waals surface area contributed by atoms with Crippen LogP contribution in [-0.4, -0.2) is 17.7 Å². The lowest BCUT2D eigenvalue weighted by Gasteiger charge is -2.21. The lowest BCUT2D eigenvalue weighted by atomic mass is 9.95. The number of Topliss-reactive ketones (excluding diaryl/α,β-unsaturated/α-hetero) is 1. The van der Waals surface area contributed by atoms with Gasteiger partial charge in [-0.05, 0) is 18.2 Å². The molecular weight excluding hydrogens is 314 g/mol. The third-order valence-electron chi connectivity index (χ3n) is 3.41. The van der Waals surface area contributed by atoms with Crippen LogP contribution in [0.2, 0.25) is 5.02 Å². The molecule has 1 aliphatic heterocycles. The van der Waals surface area contributed by atoms with Crippen LogP contribution in [0.5, 0.6) is 0 Å². The lowest BCUT2D eigenvalue weighted by Crippen LogP contribution is -2.36. The standard InChI is InChI=1S/C16H9ClF2O3/c17-10-6-7-11-12(8-10)14(22-15(11)21)16(18,19)13(20)9-4-2-1-3-5-9/h1-8,14H/t14-/m1/s1. The van der Waals surface area contributed by atoms with Crippen molar-refractivity contribution in [3.05, 3.63) is 70.2 Å². The van der Waals surface area contributed by atoms with Crippen molar-refractivity contribution >= 4 is 23.4 Å². The summed E-state index contributed by atoms with van der Waals surface area (Å²) in [6.45, 7) is 0. The maximum absolute atomic E-state index is 14.5. The predicted octanol–water partition coefficient (Wildman–Crippen LogP) is 4.07. The fourth-order valence-electron chi connectivity index (χ4n) is 2.34. The van der Waals surface area contributed by atoms with E-state index in [9.17, 15) is 18.4 Å². The fourth-order valence-corrected chi connectivity index (χ4v) is 2.52. The Kier molecular flexibility index (Phi) is 3.45. The number of fused-ring (bicyclic) bond motifs is 1. The molecule has 0 spiro atoms. The first-order valence-corrected chi connectivity index (χ1v) is 6.77. The fraction of sp³-hybridized carbons (Fsp3) is 0.125. The van der Waals surface area contributed by atoms with Gasteiger partial charge in [0.2, 0.25) is 5.78 Å². The number of alkyl halides is 2. The molecule has 112 valence electrons. The van der Waals surface area contributed by atoms with E-state index < -0.39 is 23.8 Å². The summed E-state index contributed by atoms with van der Waals surface area (Å²) in [5.74, 6) is -6.18. The average Bonchev–Trinajstić information content (AvgIpc) is 2.84. The van der Waals surface area contributed by atoms with Crippen LogP contribution >= 0.6 is 11.6 Å². The van der Waals surface area contributed by atoms with Crippen LogP contribution < -0.4 is 0 Å². The van der Waals surface area contributed by atoms with Gasteiger partial charge in [0.1, 0.15) is 0 Å². The number of carbonyl (C=O) groups excluding carboxylic acids is 2. The van der Waals surface area contributed by atoms with Crippen molar-refractivity contribution in [1.82, 2.24) is 0 Å². The Morgan fingerprint density at radius 2 is 1.82 bits per heavy atom. The normalized spacial score (nSPS) is 17.0. The third kappa shape index (κ3) is 2.27. The van der Waals surface area contributed by atoms with Gasteiger partial charge in [-0.2, -0.15) is 8.78 Å². The number of benzene rings is 2. The van der Waals surface area contributed by atoms with Crippen LogP contribution in [0.1, 0.15) is 32.4 Å². The molecule has 0 fully saturated rings. The molecule has 0 unspecified atom stereocenters. The van der Waals surface area contributed by atoms with Gasteiger partial charge >= 0.3 is 11.9 Å². The van der Waals surface area contributed by atoms with Gasteiger partial charge in [0, 0.05) is 16.1 Å². The van der Waals surface area contributed by atoms with E-state index in [1.807, 2.05) is 0 Å². The molecule has 1 heterocycles. The minimum Gasteiger partial charge on any atom is -0.447 e. The number of esters is 1. The van der Waals surface area contributed by atoms with E-state index in [-0.39, 0.29) is 21.7 Å². The van der Waals surface area contributed by atoms with Crippen LogP contribution in [-0.2, 0) is 4.74 Å². The Bertz CT molecular complexity index is 759. The quantitative estimate of drug-likeness (QED) is 0.632. The zero-order valence-electron chi connectivity index (χ0n) is 11.1. The predicted molar refractivity (Wildman–Crippen MR) is 75.3 cm³/mol. The largest absolute Gasteiger partial charge is 0.447 e. The van der Waals surface area contributed by atoms with Crippen molar-refractivity contribution < 1.29 is 23.1 Å². The highest BCUT2D eigenvalue weighted by Crippen LogP contribution is 2.43. The highest BCUT2D eigenvalue weighted by molar-refractivity contribution is 6.30. The van der Waals surface area contributed by atoms with Crippen LogP contribution in [0.4, 0.5) is 8.78 Å². The molecule has 0 aliphatic carbocycles. The third-order valence-corrected chi connectivity index (χ3v) is 3.64. The summed E-state index contributed by atoms with van der Waals surface area (Å²) in [6, 6.07) is 11.1. The van der Waals surface area contributed by atoms with Crippen LogP contribution in [0.25, 0.3) is 0 Å². The number of halogens is 3. The van der Waals surface area contributed by atoms with Crippen molar-refractivity contribution in [2.75, 3.05) is 0 Å². The molecule has 0 bridgehead atoms. The molecule has 3 nitrogen and oxygen atoms in total. The van der Waals surface area contributed by atoms with Gasteiger partial charge in [-0.3, -0.25) is 4.79 Å². The topological polar surface area (TPSA) is 43.4 Å². The minimum atomic E-state index is -3.88. The second-order valence-corrected chi connectivity index (χ2v) is 5.27. The van der Waals surface area contributed by atoms with Crippen molar-refractivity contribution in [3.8, 4) is 0 Å². The summed E-state index contributed by atoms with van der Waals surface area (Å²) in [5, 5.41) is 0.185. The van der Waals surface area contributed by atoms with Gasteiger partial charge in [-0.25, -0.2) is 4.79 Å². The number of ketones is 1. The molecule has 0 saturated carbocycles. The molecule has 22 heavy (non-hydrogen) atoms. The molecular formula is C16H9ClF2O3. The zero-order chi connectivity index (χ0) is 15.9. The summed E-state index contributed by atoms with van der Waals surface area (Å²) in [4.78, 5) is 23.8. The highest BCUT2D eigenvalue weighted by Gasteiger charge is 2.54. The maximum atomic E-state index is 14.5. The number of hydrogen-bond acceptors (Lipinski definition) is 3. The van der Waals surface area contributed by atoms with Gasteiger partial charge in [0.15, 0.2) is 6.10 Å². The van der Waals surface area contributed by atoms with E-state index in [2.05, 4.69) is 0 Å². The first kappa shape index (κ1) is 14.7. The minimum absolute atomic E-state index is 0.00469. The van der Waals surface area contributed by atoms with Crippen molar-refractivity contribution in [1.29, 1.82) is 0 Å². The molecule has 1 atom stereocenters. The van der Waals surface area contributed by atoms with Gasteiger partial charge < -0.3 is 4.74 Å². The smallest absolute Gasteiger partial charge is 0.349 e. The van der Waals surface area contributed by atoms with E-state index >= 15 is 0 Å². The Morgan fingerprint density at radius 3 is 2.50 bits per heavy atom. The van der Waals surface area contributed by atoms with Gasteiger partial charge in [-0.1, -0.05) is 41.9 Å². The van der Waals surface area contributed by atoms with E-state index in [1.54, 1.807) is 6.07 Å². The number of rotatable bonds is 3. The second-order valence-electron chi connectivity index (χ2n) is 4.84. The SMILES string of the molecule is O=C1O[C@@H](C(F)(F)C(=O)c2ccccc2)c2cc(Cl)ccc21. The highest BCUT2D eigenvalue weighted by atomic mass is 35.5. The molecule has 3 rings (SSSR count). The Hall–Kier alpha value is -2.27. The van der Waals surface area contributed by atoms with Gasteiger partial charge in [0.05, 0.1) is 5.56 Å². The van der Waals surface area contributed by atoms with Crippen molar-refractivity contribution in [3.63, 3.8) is 0 Å². The zero-order valence-corrected chi connectivity index (χ0v) is 11.8. The van der Waals surface area contributed by atoms with Crippen LogP contribution in [0.15, 0.2) is 48.5 Å². The molecule has 0 aromatic heterocycles. The molecule has 0 amide bonds. The van der Waals surface area contributed by atoms with Gasteiger partial charge in [-0.15, -0.1) is 0 Å². The first-order chi connectivity index (χ1) is 10.4. The first-order valence-electron chi connectivity index (χ1n) is 6.39. The molecule has 2 aromatic rings. The Labute approximate surface area is 129 Å². The average molecular weight is 323 g/mol. The molecule has 0 saturated heterocycles. The second kappa shape index (κ2) is 5.18.